The van der Waals surface area contributed by atoms with Gasteiger partial charge in [-0.05, 0) is 11.6 Å². The number of hydrogen-bond acceptors (Lipinski definition) is 5. The maximum atomic E-state index is 12.1. The summed E-state index contributed by atoms with van der Waals surface area (Å²) < 4.78 is 25.3. The van der Waals surface area contributed by atoms with E-state index in [1.54, 1.807) is 24.3 Å². The molecule has 1 aromatic carbocycles. The van der Waals surface area contributed by atoms with Crippen LogP contribution in [-0.2, 0) is 15.8 Å². The molecule has 0 radical (unpaired) electrons. The Labute approximate surface area is 112 Å². The highest BCUT2D eigenvalue weighted by Crippen LogP contribution is 2.14. The fraction of sp³-hybridized carbons (Fsp3) is 0.417. The highest BCUT2D eigenvalue weighted by Gasteiger charge is 2.22. The van der Waals surface area contributed by atoms with Crippen LogP contribution in [0.2, 0.25) is 0 Å². The van der Waals surface area contributed by atoms with Gasteiger partial charge < -0.3 is 10.2 Å². The van der Waals surface area contributed by atoms with Gasteiger partial charge in [0.1, 0.15) is 0 Å². The Bertz CT molecular complexity index is 545. The molecule has 0 aliphatic carbocycles. The number of nitrogens with zero attached hydrogens (tertiary/aromatic N) is 2. The van der Waals surface area contributed by atoms with Gasteiger partial charge in [-0.1, -0.05) is 18.2 Å². The van der Waals surface area contributed by atoms with Crippen molar-refractivity contribution in [1.29, 1.82) is 5.26 Å². The highest BCUT2D eigenvalue weighted by molar-refractivity contribution is 7.88. The Hall–Kier alpha value is -1.46. The minimum Gasteiger partial charge on any atom is -0.395 e. The molecule has 104 valence electrons. The van der Waals surface area contributed by atoms with Gasteiger partial charge in [-0.3, -0.25) is 0 Å². The smallest absolute Gasteiger partial charge is 0.218 e. The zero-order valence-electron chi connectivity index (χ0n) is 10.4. The van der Waals surface area contributed by atoms with Crippen molar-refractivity contribution in [2.45, 2.75) is 5.75 Å². The van der Waals surface area contributed by atoms with E-state index in [4.69, 9.17) is 15.5 Å². The molecule has 0 unspecified atom stereocenters. The summed E-state index contributed by atoms with van der Waals surface area (Å²) in [6.45, 7) is -0.784. The first kappa shape index (κ1) is 15.6. The molecular weight excluding hydrogens is 268 g/mol. The molecule has 1 aromatic rings. The zero-order chi connectivity index (χ0) is 14.3. The average molecular weight is 284 g/mol. The van der Waals surface area contributed by atoms with Crippen LogP contribution in [0.3, 0.4) is 0 Å². The van der Waals surface area contributed by atoms with Crippen molar-refractivity contribution < 1.29 is 18.6 Å². The van der Waals surface area contributed by atoms with Crippen molar-refractivity contribution in [3.8, 4) is 6.07 Å². The van der Waals surface area contributed by atoms with Crippen molar-refractivity contribution in [2.75, 3.05) is 26.3 Å². The molecule has 7 heteroatoms. The Kier molecular flexibility index (Phi) is 5.92. The highest BCUT2D eigenvalue weighted by atomic mass is 32.2. The normalized spacial score (nSPS) is 11.5. The summed E-state index contributed by atoms with van der Waals surface area (Å²) >= 11 is 0. The molecule has 0 saturated carbocycles. The zero-order valence-corrected chi connectivity index (χ0v) is 11.2. The SMILES string of the molecule is N#Cc1ccccc1CS(=O)(=O)N(CCO)CCO. The van der Waals surface area contributed by atoms with E-state index < -0.39 is 10.0 Å². The molecule has 0 atom stereocenters. The van der Waals surface area contributed by atoms with Gasteiger partial charge >= 0.3 is 0 Å². The first-order valence-corrected chi connectivity index (χ1v) is 7.33. The lowest BCUT2D eigenvalue weighted by atomic mass is 10.1. The van der Waals surface area contributed by atoms with Gasteiger partial charge in [-0.2, -0.15) is 9.57 Å². The Morgan fingerprint density at radius 2 is 1.74 bits per heavy atom. The number of sulfonamides is 1. The Balaban J connectivity index is 2.98. The van der Waals surface area contributed by atoms with Crippen molar-refractivity contribution in [1.82, 2.24) is 4.31 Å². The second kappa shape index (κ2) is 7.21. The van der Waals surface area contributed by atoms with Gasteiger partial charge in [0.05, 0.1) is 30.6 Å². The standard InChI is InChI=1S/C12H16N2O4S/c13-9-11-3-1-2-4-12(11)10-19(17,18)14(5-7-15)6-8-16/h1-4,15-16H,5-8,10H2. The molecule has 0 aliphatic rings. The summed E-state index contributed by atoms with van der Waals surface area (Å²) in [6.07, 6.45) is 0. The predicted octanol–water partition coefficient (Wildman–Crippen LogP) is -0.325. The maximum Gasteiger partial charge on any atom is 0.218 e. The van der Waals surface area contributed by atoms with E-state index in [1.807, 2.05) is 6.07 Å². The van der Waals surface area contributed by atoms with E-state index in [-0.39, 0.29) is 32.1 Å². The number of benzene rings is 1. The number of rotatable bonds is 7. The maximum absolute atomic E-state index is 12.1. The molecule has 0 amide bonds. The molecule has 6 nitrogen and oxygen atoms in total. The summed E-state index contributed by atoms with van der Waals surface area (Å²) in [5.41, 5.74) is 0.713. The summed E-state index contributed by atoms with van der Waals surface area (Å²) in [5, 5.41) is 26.6. The van der Waals surface area contributed by atoms with Crippen molar-refractivity contribution in [3.05, 3.63) is 35.4 Å². The third-order valence-corrected chi connectivity index (χ3v) is 4.40. The lowest BCUT2D eigenvalue weighted by Crippen LogP contribution is -2.36. The van der Waals surface area contributed by atoms with E-state index in [0.29, 0.717) is 11.1 Å². The Morgan fingerprint density at radius 3 is 2.26 bits per heavy atom. The lowest BCUT2D eigenvalue weighted by molar-refractivity contribution is 0.217. The molecule has 0 heterocycles. The van der Waals surface area contributed by atoms with Crippen molar-refractivity contribution >= 4 is 10.0 Å². The molecule has 2 N–H and O–H groups in total. The minimum absolute atomic E-state index is 0.0718. The van der Waals surface area contributed by atoms with Gasteiger partial charge in [0.2, 0.25) is 10.0 Å². The van der Waals surface area contributed by atoms with E-state index in [9.17, 15) is 8.42 Å². The summed E-state index contributed by atoms with van der Waals surface area (Å²) in [4.78, 5) is 0. The molecule has 0 aliphatic heterocycles. The topological polar surface area (TPSA) is 102 Å². The lowest BCUT2D eigenvalue weighted by Gasteiger charge is -2.20. The van der Waals surface area contributed by atoms with Crippen LogP contribution in [0.5, 0.6) is 0 Å². The third-order valence-electron chi connectivity index (χ3n) is 2.57. The van der Waals surface area contributed by atoms with Crippen LogP contribution < -0.4 is 0 Å². The molecule has 0 aromatic heterocycles. The van der Waals surface area contributed by atoms with Crippen LogP contribution in [-0.4, -0.2) is 49.2 Å². The predicted molar refractivity (Wildman–Crippen MR) is 69.5 cm³/mol. The average Bonchev–Trinajstić information content (AvgIpc) is 2.38. The van der Waals surface area contributed by atoms with Gasteiger partial charge in [0, 0.05) is 13.1 Å². The van der Waals surface area contributed by atoms with Gasteiger partial charge in [-0.15, -0.1) is 0 Å². The van der Waals surface area contributed by atoms with E-state index in [2.05, 4.69) is 0 Å². The number of aliphatic hydroxyl groups excluding tert-OH is 2. The molecule has 0 spiro atoms. The monoisotopic (exact) mass is 284 g/mol. The molecule has 0 bridgehead atoms. The molecule has 0 fully saturated rings. The molecule has 1 rings (SSSR count). The fourth-order valence-electron chi connectivity index (χ4n) is 1.66. The van der Waals surface area contributed by atoms with Gasteiger partial charge in [-0.25, -0.2) is 8.42 Å². The van der Waals surface area contributed by atoms with E-state index in [0.717, 1.165) is 4.31 Å². The molecular formula is C12H16N2O4S. The van der Waals surface area contributed by atoms with Crippen LogP contribution in [0.15, 0.2) is 24.3 Å². The van der Waals surface area contributed by atoms with Gasteiger partial charge in [0.25, 0.3) is 0 Å². The number of aliphatic hydroxyl groups is 2. The largest absolute Gasteiger partial charge is 0.395 e. The summed E-state index contributed by atoms with van der Waals surface area (Å²) in [7, 11) is -3.67. The van der Waals surface area contributed by atoms with Crippen molar-refractivity contribution in [2.24, 2.45) is 0 Å². The van der Waals surface area contributed by atoms with Crippen LogP contribution in [0, 0.1) is 11.3 Å². The number of hydrogen-bond donors (Lipinski definition) is 2. The van der Waals surface area contributed by atoms with Gasteiger partial charge in [0.15, 0.2) is 0 Å². The van der Waals surface area contributed by atoms with E-state index in [1.165, 1.54) is 0 Å². The Morgan fingerprint density at radius 1 is 1.16 bits per heavy atom. The second-order valence-electron chi connectivity index (χ2n) is 3.87. The third kappa shape index (κ3) is 4.29. The molecule has 19 heavy (non-hydrogen) atoms. The van der Waals surface area contributed by atoms with Crippen LogP contribution in [0.1, 0.15) is 11.1 Å². The van der Waals surface area contributed by atoms with Crippen LogP contribution in [0.25, 0.3) is 0 Å². The van der Waals surface area contributed by atoms with Crippen molar-refractivity contribution in [3.63, 3.8) is 0 Å². The second-order valence-corrected chi connectivity index (χ2v) is 5.84. The number of nitriles is 1. The first-order valence-electron chi connectivity index (χ1n) is 5.72. The van der Waals surface area contributed by atoms with Crippen LogP contribution >= 0.6 is 0 Å². The minimum atomic E-state index is -3.67. The quantitative estimate of drug-likeness (QED) is 0.714. The fourth-order valence-corrected chi connectivity index (χ4v) is 3.20. The summed E-state index contributed by atoms with van der Waals surface area (Å²) in [6, 6.07) is 8.39. The first-order chi connectivity index (χ1) is 9.05. The van der Waals surface area contributed by atoms with Crippen LogP contribution in [0.4, 0.5) is 0 Å². The summed E-state index contributed by atoms with van der Waals surface area (Å²) in [5.74, 6) is -0.323. The molecule has 0 saturated heterocycles. The van der Waals surface area contributed by atoms with E-state index >= 15 is 0 Å².